The first-order valence-electron chi connectivity index (χ1n) is 6.74. The molecule has 0 radical (unpaired) electrons. The van der Waals surface area contributed by atoms with Gasteiger partial charge in [0.25, 0.3) is 0 Å². The van der Waals surface area contributed by atoms with Crippen LogP contribution in [0.3, 0.4) is 0 Å². The van der Waals surface area contributed by atoms with Crippen molar-refractivity contribution in [2.45, 2.75) is 32.6 Å². The number of benzene rings is 1. The number of nitrogens with zero attached hydrogens (tertiary/aromatic N) is 2. The number of ether oxygens (including phenoxy) is 1. The minimum absolute atomic E-state index is 0.782. The molecule has 4 nitrogen and oxygen atoms in total. The topological polar surface area (TPSA) is 60.0 Å². The average Bonchev–Trinajstić information content (AvgIpc) is 2.43. The van der Waals surface area contributed by atoms with Crippen LogP contribution in [0.4, 0.5) is 0 Å². The first kappa shape index (κ1) is 15.2. The fourth-order valence-corrected chi connectivity index (χ4v) is 1.63. The number of unbranched alkanes of at least 4 members (excludes halogenated alkanes) is 3. The highest BCUT2D eigenvalue weighted by atomic mass is 16.5. The molecule has 0 saturated heterocycles. The molecule has 1 rings (SSSR count). The van der Waals surface area contributed by atoms with Crippen LogP contribution in [0.25, 0.3) is 0 Å². The van der Waals surface area contributed by atoms with Crippen LogP contribution in [0, 0.1) is 6.92 Å². The summed E-state index contributed by atoms with van der Waals surface area (Å²) < 4.78 is 5.66. The van der Waals surface area contributed by atoms with Crippen LogP contribution in [0.2, 0.25) is 0 Å². The average molecular weight is 261 g/mol. The normalized spacial score (nSPS) is 11.4. The van der Waals surface area contributed by atoms with Gasteiger partial charge in [0.15, 0.2) is 0 Å². The Morgan fingerprint density at radius 1 is 1.11 bits per heavy atom. The Hall–Kier alpha value is -1.84. The molecule has 0 heterocycles. The third-order valence-corrected chi connectivity index (χ3v) is 2.71. The van der Waals surface area contributed by atoms with Crippen LogP contribution in [0.15, 0.2) is 34.3 Å². The molecule has 0 aromatic heterocycles. The summed E-state index contributed by atoms with van der Waals surface area (Å²) in [4.78, 5) is 7.80. The van der Waals surface area contributed by atoms with E-state index in [1.54, 1.807) is 0 Å². The summed E-state index contributed by atoms with van der Waals surface area (Å²) in [5, 5.41) is 0. The second-order valence-electron chi connectivity index (χ2n) is 4.40. The van der Waals surface area contributed by atoms with Gasteiger partial charge in [0, 0.05) is 6.54 Å². The quantitative estimate of drug-likeness (QED) is 0.422. The third-order valence-electron chi connectivity index (χ3n) is 2.71. The highest BCUT2D eigenvalue weighted by Gasteiger charge is 1.93. The van der Waals surface area contributed by atoms with Crippen LogP contribution in [0.1, 0.15) is 31.2 Å². The second kappa shape index (κ2) is 10.1. The molecule has 0 amide bonds. The third kappa shape index (κ3) is 7.97. The first-order valence-corrected chi connectivity index (χ1v) is 6.74. The summed E-state index contributed by atoms with van der Waals surface area (Å²) in [5.41, 5.74) is 6.34. The molecule has 0 spiro atoms. The lowest BCUT2D eigenvalue weighted by molar-refractivity contribution is 0.305. The van der Waals surface area contributed by atoms with Crippen LogP contribution in [-0.4, -0.2) is 25.8 Å². The van der Waals surface area contributed by atoms with Crippen LogP contribution in [-0.2, 0) is 0 Å². The predicted molar refractivity (Wildman–Crippen MR) is 81.2 cm³/mol. The lowest BCUT2D eigenvalue weighted by Crippen LogP contribution is -1.97. The van der Waals surface area contributed by atoms with Crippen LogP contribution in [0.5, 0.6) is 5.75 Å². The number of rotatable bonds is 9. The maximum atomic E-state index is 5.66. The summed E-state index contributed by atoms with van der Waals surface area (Å²) in [7, 11) is 0. The number of hydrogen-bond acceptors (Lipinski definition) is 2. The summed E-state index contributed by atoms with van der Waals surface area (Å²) in [6.07, 6.45) is 7.24. The molecule has 4 heteroatoms. The molecular weight excluding hydrogens is 238 g/mol. The van der Waals surface area contributed by atoms with E-state index in [0.29, 0.717) is 0 Å². The van der Waals surface area contributed by atoms with E-state index in [1.807, 2.05) is 12.1 Å². The molecule has 0 bridgehead atoms. The summed E-state index contributed by atoms with van der Waals surface area (Å²) in [5.74, 6) is 0.954. The number of hydrogen-bond donors (Lipinski definition) is 1. The van der Waals surface area contributed by atoms with Crippen molar-refractivity contribution in [2.75, 3.05) is 13.2 Å². The van der Waals surface area contributed by atoms with Crippen molar-refractivity contribution in [1.82, 2.24) is 0 Å². The van der Waals surface area contributed by atoms with E-state index >= 15 is 0 Å². The molecule has 0 unspecified atom stereocenters. The van der Waals surface area contributed by atoms with Gasteiger partial charge >= 0.3 is 0 Å². The zero-order chi connectivity index (χ0) is 13.8. The molecule has 1 aromatic rings. The van der Waals surface area contributed by atoms with E-state index < -0.39 is 0 Å². The summed E-state index contributed by atoms with van der Waals surface area (Å²) >= 11 is 0. The Labute approximate surface area is 115 Å². The molecular formula is C15H23N3O. The molecule has 0 aliphatic rings. The van der Waals surface area contributed by atoms with E-state index in [0.717, 1.165) is 31.7 Å². The lowest BCUT2D eigenvalue weighted by Gasteiger charge is -2.05. The molecule has 0 aliphatic carbocycles. The van der Waals surface area contributed by atoms with Gasteiger partial charge in [0.05, 0.1) is 12.9 Å². The maximum Gasteiger partial charge on any atom is 0.119 e. The van der Waals surface area contributed by atoms with Crippen molar-refractivity contribution in [3.63, 3.8) is 0 Å². The van der Waals surface area contributed by atoms with Gasteiger partial charge in [-0.2, -0.15) is 0 Å². The van der Waals surface area contributed by atoms with Crippen molar-refractivity contribution in [2.24, 2.45) is 15.7 Å². The molecule has 1 aromatic carbocycles. The van der Waals surface area contributed by atoms with Gasteiger partial charge in [-0.3, -0.25) is 4.99 Å². The van der Waals surface area contributed by atoms with Crippen molar-refractivity contribution < 1.29 is 4.74 Å². The molecule has 19 heavy (non-hydrogen) atoms. The van der Waals surface area contributed by atoms with Crippen LogP contribution < -0.4 is 10.5 Å². The predicted octanol–water partition coefficient (Wildman–Crippen LogP) is 2.95. The molecule has 0 saturated carbocycles. The Bertz CT molecular complexity index is 385. The SMILES string of the molecule is Cc1ccc(OCCCCCCN=CN=CN)cc1. The second-order valence-corrected chi connectivity index (χ2v) is 4.40. The zero-order valence-corrected chi connectivity index (χ0v) is 11.6. The smallest absolute Gasteiger partial charge is 0.119 e. The van der Waals surface area contributed by atoms with Crippen molar-refractivity contribution in [3.8, 4) is 5.75 Å². The molecule has 2 N–H and O–H groups in total. The Kier molecular flexibility index (Phi) is 8.10. The molecule has 0 aliphatic heterocycles. The minimum atomic E-state index is 0.782. The van der Waals surface area contributed by atoms with Crippen molar-refractivity contribution in [3.05, 3.63) is 29.8 Å². The first-order chi connectivity index (χ1) is 9.33. The van der Waals surface area contributed by atoms with Gasteiger partial charge in [0.1, 0.15) is 12.1 Å². The van der Waals surface area contributed by atoms with Gasteiger partial charge in [-0.25, -0.2) is 4.99 Å². The Balaban J connectivity index is 1.95. The van der Waals surface area contributed by atoms with Gasteiger partial charge in [-0.05, 0) is 38.3 Å². The van der Waals surface area contributed by atoms with E-state index in [-0.39, 0.29) is 0 Å². The standard InChI is InChI=1S/C15H23N3O/c1-14-6-8-15(9-7-14)19-11-5-3-2-4-10-17-13-18-12-16/h6-9,12-13H,2-5,10-11H2,1H3,(H2,16,17,18). The Morgan fingerprint density at radius 2 is 1.84 bits per heavy atom. The highest BCUT2D eigenvalue weighted by molar-refractivity contribution is 5.69. The van der Waals surface area contributed by atoms with E-state index in [4.69, 9.17) is 10.5 Å². The fourth-order valence-electron chi connectivity index (χ4n) is 1.63. The number of nitrogens with two attached hydrogens (primary N) is 1. The van der Waals surface area contributed by atoms with Gasteiger partial charge < -0.3 is 10.5 Å². The Morgan fingerprint density at radius 3 is 2.58 bits per heavy atom. The summed E-state index contributed by atoms with van der Waals surface area (Å²) in [6.45, 7) is 3.67. The van der Waals surface area contributed by atoms with Crippen molar-refractivity contribution in [1.29, 1.82) is 0 Å². The number of aryl methyl sites for hydroxylation is 1. The van der Waals surface area contributed by atoms with E-state index in [9.17, 15) is 0 Å². The van der Waals surface area contributed by atoms with Crippen LogP contribution >= 0.6 is 0 Å². The van der Waals surface area contributed by atoms with E-state index in [1.165, 1.54) is 31.1 Å². The highest BCUT2D eigenvalue weighted by Crippen LogP contribution is 2.12. The minimum Gasteiger partial charge on any atom is -0.494 e. The molecule has 104 valence electrons. The largest absolute Gasteiger partial charge is 0.494 e. The monoisotopic (exact) mass is 261 g/mol. The number of aliphatic imine (C=N–C) groups is 2. The van der Waals surface area contributed by atoms with Gasteiger partial charge in [0.2, 0.25) is 0 Å². The summed E-state index contributed by atoms with van der Waals surface area (Å²) in [6, 6.07) is 8.17. The maximum absolute atomic E-state index is 5.66. The van der Waals surface area contributed by atoms with Crippen molar-refractivity contribution >= 4 is 12.7 Å². The zero-order valence-electron chi connectivity index (χ0n) is 11.6. The molecule has 0 fully saturated rings. The lowest BCUT2D eigenvalue weighted by atomic mass is 10.2. The molecule has 0 atom stereocenters. The van der Waals surface area contributed by atoms with Gasteiger partial charge in [-0.1, -0.05) is 24.1 Å². The van der Waals surface area contributed by atoms with Gasteiger partial charge in [-0.15, -0.1) is 0 Å². The van der Waals surface area contributed by atoms with E-state index in [2.05, 4.69) is 29.0 Å². The fraction of sp³-hybridized carbons (Fsp3) is 0.467.